The summed E-state index contributed by atoms with van der Waals surface area (Å²) in [5.74, 6) is 0.891. The van der Waals surface area contributed by atoms with Gasteiger partial charge in [0.05, 0.1) is 5.02 Å². The van der Waals surface area contributed by atoms with Crippen LogP contribution in [0.2, 0.25) is 5.02 Å². The Bertz CT molecular complexity index is 540. The van der Waals surface area contributed by atoms with Crippen molar-refractivity contribution in [3.05, 3.63) is 28.8 Å². The first kappa shape index (κ1) is 14.8. The largest absolute Gasteiger partial charge is 0.484 e. The van der Waals surface area contributed by atoms with Gasteiger partial charge in [0.15, 0.2) is 0 Å². The molecular weight excluding hydrogens is 296 g/mol. The first-order chi connectivity index (χ1) is 10.7. The zero-order valence-corrected chi connectivity index (χ0v) is 13.9. The molecule has 3 nitrogen and oxygen atoms in total. The summed E-state index contributed by atoms with van der Waals surface area (Å²) in [6.45, 7) is 6.81. The Kier molecular flexibility index (Phi) is 4.05. The summed E-state index contributed by atoms with van der Waals surface area (Å²) in [7, 11) is 0. The van der Waals surface area contributed by atoms with Crippen molar-refractivity contribution in [3.63, 3.8) is 0 Å². The minimum absolute atomic E-state index is 0.00809. The standard InChI is InChI=1S/C18H25ClN2O/c19-17-15(13-20-9-1-2-10-20)5-3-6-16(17)22-18-7-4-11-21(14-18)12-8-18/h3,5-6H,1-2,4,7-14H2. The molecule has 2 unspecified atom stereocenters. The maximum atomic E-state index is 6.67. The number of ether oxygens (including phenoxy) is 1. The lowest BCUT2D eigenvalue weighted by Crippen LogP contribution is -2.43. The minimum Gasteiger partial charge on any atom is -0.484 e. The molecule has 0 radical (unpaired) electrons. The van der Waals surface area contributed by atoms with Gasteiger partial charge in [-0.25, -0.2) is 0 Å². The summed E-state index contributed by atoms with van der Waals surface area (Å²) in [5, 5.41) is 0.827. The molecule has 2 bridgehead atoms. The smallest absolute Gasteiger partial charge is 0.139 e. The molecule has 3 fully saturated rings. The van der Waals surface area contributed by atoms with Crippen LogP contribution in [0.25, 0.3) is 0 Å². The van der Waals surface area contributed by atoms with Crippen molar-refractivity contribution in [2.75, 3.05) is 32.7 Å². The predicted molar refractivity (Wildman–Crippen MR) is 89.6 cm³/mol. The Hall–Kier alpha value is -0.770. The maximum Gasteiger partial charge on any atom is 0.139 e. The molecule has 0 saturated carbocycles. The van der Waals surface area contributed by atoms with Crippen LogP contribution in [-0.2, 0) is 6.54 Å². The van der Waals surface area contributed by atoms with Crippen LogP contribution >= 0.6 is 11.6 Å². The third-order valence-corrected chi connectivity index (χ3v) is 5.89. The molecule has 120 valence electrons. The van der Waals surface area contributed by atoms with Crippen LogP contribution in [-0.4, -0.2) is 48.1 Å². The van der Waals surface area contributed by atoms with Gasteiger partial charge in [0.1, 0.15) is 11.4 Å². The van der Waals surface area contributed by atoms with Crippen molar-refractivity contribution in [2.45, 2.75) is 44.2 Å². The zero-order valence-electron chi connectivity index (χ0n) is 13.2. The molecule has 0 aliphatic carbocycles. The second-order valence-electron chi connectivity index (χ2n) is 7.13. The summed E-state index contributed by atoms with van der Waals surface area (Å²) in [4.78, 5) is 5.01. The van der Waals surface area contributed by atoms with Crippen LogP contribution in [0.4, 0.5) is 0 Å². The highest BCUT2D eigenvalue weighted by molar-refractivity contribution is 6.32. The van der Waals surface area contributed by atoms with Gasteiger partial charge in [-0.15, -0.1) is 0 Å². The van der Waals surface area contributed by atoms with Gasteiger partial charge in [-0.2, -0.15) is 0 Å². The van der Waals surface area contributed by atoms with E-state index in [-0.39, 0.29) is 5.60 Å². The molecule has 4 heteroatoms. The Morgan fingerprint density at radius 1 is 1.05 bits per heavy atom. The molecular formula is C18H25ClN2O. The second-order valence-corrected chi connectivity index (χ2v) is 7.51. The quantitative estimate of drug-likeness (QED) is 0.843. The Labute approximate surface area is 138 Å². The fourth-order valence-corrected chi connectivity index (χ4v) is 4.48. The van der Waals surface area contributed by atoms with Crippen molar-refractivity contribution >= 4 is 11.6 Å². The van der Waals surface area contributed by atoms with Crippen LogP contribution in [0.1, 0.15) is 37.7 Å². The predicted octanol–water partition coefficient (Wildman–Crippen LogP) is 3.55. The van der Waals surface area contributed by atoms with Crippen LogP contribution in [0, 0.1) is 0 Å². The molecule has 1 aromatic carbocycles. The fourth-order valence-electron chi connectivity index (χ4n) is 4.25. The molecule has 1 aromatic rings. The van der Waals surface area contributed by atoms with Gasteiger partial charge < -0.3 is 4.74 Å². The lowest BCUT2D eigenvalue weighted by Gasteiger charge is -2.35. The number of halogens is 1. The molecule has 0 spiro atoms. The molecule has 3 saturated heterocycles. The van der Waals surface area contributed by atoms with Crippen molar-refractivity contribution in [1.29, 1.82) is 0 Å². The van der Waals surface area contributed by atoms with E-state index in [0.29, 0.717) is 0 Å². The zero-order chi connectivity index (χ0) is 15.0. The summed E-state index contributed by atoms with van der Waals surface area (Å²) in [5.41, 5.74) is 1.22. The van der Waals surface area contributed by atoms with Gasteiger partial charge >= 0.3 is 0 Å². The van der Waals surface area contributed by atoms with Crippen molar-refractivity contribution in [2.24, 2.45) is 0 Å². The number of piperidine rings is 1. The van der Waals surface area contributed by atoms with E-state index in [1.807, 2.05) is 6.07 Å². The van der Waals surface area contributed by atoms with E-state index >= 15 is 0 Å². The van der Waals surface area contributed by atoms with Gasteiger partial charge in [-0.1, -0.05) is 23.7 Å². The SMILES string of the molecule is Clc1c(CN2CCCC2)cccc1OC12CCCN(CC1)C2. The van der Waals surface area contributed by atoms with Crippen molar-refractivity contribution < 1.29 is 4.74 Å². The minimum atomic E-state index is 0.00809. The number of benzene rings is 1. The van der Waals surface area contributed by atoms with E-state index in [1.54, 1.807) is 0 Å². The third-order valence-electron chi connectivity index (χ3n) is 5.46. The van der Waals surface area contributed by atoms with Crippen molar-refractivity contribution in [3.8, 4) is 5.75 Å². The lowest BCUT2D eigenvalue weighted by atomic mass is 9.94. The number of fused-ring (bicyclic) bond motifs is 2. The summed E-state index contributed by atoms with van der Waals surface area (Å²) < 4.78 is 6.48. The second kappa shape index (κ2) is 6.03. The molecule has 3 aliphatic rings. The topological polar surface area (TPSA) is 15.7 Å². The number of likely N-dealkylation sites (tertiary alicyclic amines) is 1. The fraction of sp³-hybridized carbons (Fsp3) is 0.667. The third kappa shape index (κ3) is 2.86. The highest BCUT2D eigenvalue weighted by atomic mass is 35.5. The lowest BCUT2D eigenvalue weighted by molar-refractivity contribution is 0.0453. The van der Waals surface area contributed by atoms with Gasteiger partial charge in [0, 0.05) is 26.1 Å². The Morgan fingerprint density at radius 3 is 2.77 bits per heavy atom. The first-order valence-corrected chi connectivity index (χ1v) is 9.03. The molecule has 2 atom stereocenters. The normalized spacial score (nSPS) is 31.6. The number of hydrogen-bond donors (Lipinski definition) is 0. The van der Waals surface area contributed by atoms with Gasteiger partial charge in [-0.3, -0.25) is 9.80 Å². The van der Waals surface area contributed by atoms with E-state index in [0.717, 1.165) is 36.7 Å². The highest BCUT2D eigenvalue weighted by Crippen LogP contribution is 2.39. The number of hydrogen-bond acceptors (Lipinski definition) is 3. The van der Waals surface area contributed by atoms with E-state index in [2.05, 4.69) is 21.9 Å². The Morgan fingerprint density at radius 2 is 1.91 bits per heavy atom. The average Bonchev–Trinajstić information content (AvgIpc) is 3.12. The van der Waals surface area contributed by atoms with Crippen LogP contribution in [0.3, 0.4) is 0 Å². The van der Waals surface area contributed by atoms with Gasteiger partial charge in [-0.05, 0) is 56.9 Å². The summed E-state index contributed by atoms with van der Waals surface area (Å²) in [6.07, 6.45) is 6.17. The molecule has 3 heterocycles. The molecule has 22 heavy (non-hydrogen) atoms. The molecule has 0 aromatic heterocycles. The van der Waals surface area contributed by atoms with E-state index in [9.17, 15) is 0 Å². The number of rotatable bonds is 4. The average molecular weight is 321 g/mol. The van der Waals surface area contributed by atoms with Crippen LogP contribution in [0.5, 0.6) is 5.75 Å². The highest BCUT2D eigenvalue weighted by Gasteiger charge is 2.43. The monoisotopic (exact) mass is 320 g/mol. The van der Waals surface area contributed by atoms with Crippen LogP contribution < -0.4 is 4.74 Å². The molecule has 4 rings (SSSR count). The van der Waals surface area contributed by atoms with Gasteiger partial charge in [0.25, 0.3) is 0 Å². The Balaban J connectivity index is 1.52. The van der Waals surface area contributed by atoms with E-state index < -0.39 is 0 Å². The molecule has 0 amide bonds. The van der Waals surface area contributed by atoms with Gasteiger partial charge in [0.2, 0.25) is 0 Å². The first-order valence-electron chi connectivity index (χ1n) is 8.65. The summed E-state index contributed by atoms with van der Waals surface area (Å²) >= 11 is 6.67. The molecule has 3 aliphatic heterocycles. The van der Waals surface area contributed by atoms with Crippen LogP contribution in [0.15, 0.2) is 18.2 Å². The van der Waals surface area contributed by atoms with E-state index in [4.69, 9.17) is 16.3 Å². The maximum absolute atomic E-state index is 6.67. The number of nitrogens with zero attached hydrogens (tertiary/aromatic N) is 2. The molecule has 0 N–H and O–H groups in total. The van der Waals surface area contributed by atoms with Crippen molar-refractivity contribution in [1.82, 2.24) is 9.80 Å². The summed E-state index contributed by atoms with van der Waals surface area (Å²) in [6, 6.07) is 6.29. The van der Waals surface area contributed by atoms with E-state index in [1.165, 1.54) is 51.0 Å².